The summed E-state index contributed by atoms with van der Waals surface area (Å²) in [6.45, 7) is 2.06. The van der Waals surface area contributed by atoms with Crippen molar-refractivity contribution in [2.75, 3.05) is 0 Å². The van der Waals surface area contributed by atoms with Gasteiger partial charge in [0.15, 0.2) is 0 Å². The first kappa shape index (κ1) is 14.6. The van der Waals surface area contributed by atoms with E-state index in [0.717, 1.165) is 17.7 Å². The van der Waals surface area contributed by atoms with Gasteiger partial charge in [0.05, 0.1) is 17.2 Å². The van der Waals surface area contributed by atoms with Crippen molar-refractivity contribution < 1.29 is 14.1 Å². The predicted molar refractivity (Wildman–Crippen MR) is 73.2 cm³/mol. The van der Waals surface area contributed by atoms with Crippen molar-refractivity contribution in [3.05, 3.63) is 69.3 Å². The third-order valence-corrected chi connectivity index (χ3v) is 2.94. The largest absolute Gasteiger partial charge is 0.346 e. The van der Waals surface area contributed by atoms with Gasteiger partial charge >= 0.3 is 5.69 Å². The number of pyridine rings is 1. The molecule has 1 heterocycles. The fraction of sp³-hybridized carbons (Fsp3) is 0.143. The number of halogens is 1. The number of hydrogen-bond donors (Lipinski definition) is 1. The van der Waals surface area contributed by atoms with Gasteiger partial charge in [0.1, 0.15) is 0 Å². The maximum atomic E-state index is 13.5. The molecular formula is C14H12FN3O3. The molecule has 0 radical (unpaired) electrons. The molecule has 0 spiro atoms. The summed E-state index contributed by atoms with van der Waals surface area (Å²) in [5.74, 6) is -1.56. The first-order valence-electron chi connectivity index (χ1n) is 6.11. The summed E-state index contributed by atoms with van der Waals surface area (Å²) in [7, 11) is 0. The minimum Gasteiger partial charge on any atom is -0.346 e. The summed E-state index contributed by atoms with van der Waals surface area (Å²) >= 11 is 0. The van der Waals surface area contributed by atoms with Crippen molar-refractivity contribution in [1.29, 1.82) is 0 Å². The quantitative estimate of drug-likeness (QED) is 0.691. The number of carbonyl (C=O) groups is 1. The van der Waals surface area contributed by atoms with Gasteiger partial charge in [0.2, 0.25) is 5.82 Å². The maximum absolute atomic E-state index is 13.5. The smallest absolute Gasteiger partial charge is 0.304 e. The van der Waals surface area contributed by atoms with Crippen LogP contribution in [0.5, 0.6) is 0 Å². The van der Waals surface area contributed by atoms with Crippen molar-refractivity contribution in [2.45, 2.75) is 13.5 Å². The molecule has 2 aromatic rings. The van der Waals surface area contributed by atoms with Gasteiger partial charge in [-0.2, -0.15) is 4.39 Å². The van der Waals surface area contributed by atoms with Crippen molar-refractivity contribution in [2.24, 2.45) is 0 Å². The fourth-order valence-corrected chi connectivity index (χ4v) is 1.77. The normalized spacial score (nSPS) is 10.2. The van der Waals surface area contributed by atoms with Crippen molar-refractivity contribution in [3.8, 4) is 0 Å². The summed E-state index contributed by atoms with van der Waals surface area (Å²) in [4.78, 5) is 25.7. The van der Waals surface area contributed by atoms with Crippen LogP contribution in [0.1, 0.15) is 21.6 Å². The monoisotopic (exact) mass is 289 g/mol. The van der Waals surface area contributed by atoms with Gasteiger partial charge < -0.3 is 5.32 Å². The van der Waals surface area contributed by atoms with Gasteiger partial charge in [-0.3, -0.25) is 19.9 Å². The molecule has 1 N–H and O–H groups in total. The number of nitrogens with zero attached hydrogens (tertiary/aromatic N) is 2. The Morgan fingerprint density at radius 2 is 2.19 bits per heavy atom. The highest BCUT2D eigenvalue weighted by Crippen LogP contribution is 2.18. The highest BCUT2D eigenvalue weighted by molar-refractivity contribution is 5.94. The number of rotatable bonds is 4. The molecule has 1 aromatic carbocycles. The molecule has 0 saturated carbocycles. The zero-order chi connectivity index (χ0) is 15.4. The van der Waals surface area contributed by atoms with Crippen LogP contribution in [-0.4, -0.2) is 15.8 Å². The van der Waals surface area contributed by atoms with E-state index in [1.54, 1.807) is 12.3 Å². The summed E-state index contributed by atoms with van der Waals surface area (Å²) in [6, 6.07) is 6.67. The molecule has 2 rings (SSSR count). The van der Waals surface area contributed by atoms with E-state index in [1.165, 1.54) is 6.07 Å². The zero-order valence-electron chi connectivity index (χ0n) is 11.2. The van der Waals surface area contributed by atoms with Crippen LogP contribution in [-0.2, 0) is 6.54 Å². The third kappa shape index (κ3) is 3.38. The topological polar surface area (TPSA) is 85.1 Å². The molecule has 108 valence electrons. The summed E-state index contributed by atoms with van der Waals surface area (Å²) < 4.78 is 13.5. The lowest BCUT2D eigenvalue weighted by atomic mass is 10.1. The molecule has 0 bridgehead atoms. The molecule has 21 heavy (non-hydrogen) atoms. The number of amides is 1. The van der Waals surface area contributed by atoms with Crippen molar-refractivity contribution in [3.63, 3.8) is 0 Å². The Morgan fingerprint density at radius 1 is 1.43 bits per heavy atom. The number of aryl methyl sites for hydroxylation is 1. The van der Waals surface area contributed by atoms with E-state index in [9.17, 15) is 19.3 Å². The second kappa shape index (κ2) is 6.08. The second-order valence-corrected chi connectivity index (χ2v) is 4.37. The molecule has 6 nitrogen and oxygen atoms in total. The van der Waals surface area contributed by atoms with Crippen LogP contribution in [0.3, 0.4) is 0 Å². The summed E-state index contributed by atoms with van der Waals surface area (Å²) in [5, 5.41) is 13.1. The lowest BCUT2D eigenvalue weighted by Gasteiger charge is -2.07. The number of nitrogens with one attached hydrogen (secondary N) is 1. The van der Waals surface area contributed by atoms with Crippen LogP contribution in [0.25, 0.3) is 0 Å². The molecule has 0 fully saturated rings. The summed E-state index contributed by atoms with van der Waals surface area (Å²) in [5.41, 5.74) is 0.986. The standard InChI is InChI=1S/C14H12FN3O3/c1-9-3-2-6-16-12(9)8-17-14(19)10-4-5-13(18(20)21)11(15)7-10/h2-7H,8H2,1H3,(H,17,19). The van der Waals surface area contributed by atoms with Gasteiger partial charge in [0, 0.05) is 17.8 Å². The molecule has 0 aliphatic rings. The average Bonchev–Trinajstić information content (AvgIpc) is 2.45. The van der Waals surface area contributed by atoms with Crippen LogP contribution >= 0.6 is 0 Å². The molecule has 0 aliphatic carbocycles. The van der Waals surface area contributed by atoms with Crippen LogP contribution in [0, 0.1) is 22.9 Å². The number of benzene rings is 1. The number of nitro groups is 1. The lowest BCUT2D eigenvalue weighted by molar-refractivity contribution is -0.387. The summed E-state index contributed by atoms with van der Waals surface area (Å²) in [6.07, 6.45) is 1.61. The Morgan fingerprint density at radius 3 is 2.81 bits per heavy atom. The third-order valence-electron chi connectivity index (χ3n) is 2.94. The highest BCUT2D eigenvalue weighted by Gasteiger charge is 2.16. The number of aromatic nitrogens is 1. The van der Waals surface area contributed by atoms with Crippen LogP contribution in [0.15, 0.2) is 36.5 Å². The zero-order valence-corrected chi connectivity index (χ0v) is 11.2. The fourth-order valence-electron chi connectivity index (χ4n) is 1.77. The van der Waals surface area contributed by atoms with Gasteiger partial charge in [-0.25, -0.2) is 0 Å². The van der Waals surface area contributed by atoms with E-state index < -0.39 is 22.3 Å². The van der Waals surface area contributed by atoms with Crippen LogP contribution < -0.4 is 5.32 Å². The molecule has 1 aromatic heterocycles. The molecule has 0 saturated heterocycles. The van der Waals surface area contributed by atoms with Crippen LogP contribution in [0.4, 0.5) is 10.1 Å². The molecule has 7 heteroatoms. The molecule has 0 aliphatic heterocycles. The van der Waals surface area contributed by atoms with E-state index in [2.05, 4.69) is 10.3 Å². The lowest BCUT2D eigenvalue weighted by Crippen LogP contribution is -2.23. The van der Waals surface area contributed by atoms with Crippen LogP contribution in [0.2, 0.25) is 0 Å². The first-order chi connectivity index (χ1) is 9.99. The number of carbonyl (C=O) groups excluding carboxylic acids is 1. The molecular weight excluding hydrogens is 277 g/mol. The molecule has 1 amide bonds. The van der Waals surface area contributed by atoms with Gasteiger partial charge in [-0.1, -0.05) is 6.07 Å². The van der Waals surface area contributed by atoms with E-state index in [0.29, 0.717) is 5.69 Å². The van der Waals surface area contributed by atoms with E-state index >= 15 is 0 Å². The SMILES string of the molecule is Cc1cccnc1CNC(=O)c1ccc([N+](=O)[O-])c(F)c1. The predicted octanol–water partition coefficient (Wildman–Crippen LogP) is 2.37. The minimum atomic E-state index is -1.04. The second-order valence-electron chi connectivity index (χ2n) is 4.37. The van der Waals surface area contributed by atoms with E-state index in [4.69, 9.17) is 0 Å². The Kier molecular flexibility index (Phi) is 4.22. The van der Waals surface area contributed by atoms with Gasteiger partial charge in [-0.05, 0) is 30.7 Å². The Balaban J connectivity index is 2.09. The van der Waals surface area contributed by atoms with Crippen molar-refractivity contribution >= 4 is 11.6 Å². The number of hydrogen-bond acceptors (Lipinski definition) is 4. The van der Waals surface area contributed by atoms with E-state index in [1.807, 2.05) is 13.0 Å². The highest BCUT2D eigenvalue weighted by atomic mass is 19.1. The molecule has 0 unspecified atom stereocenters. The van der Waals surface area contributed by atoms with Gasteiger partial charge in [-0.15, -0.1) is 0 Å². The van der Waals surface area contributed by atoms with Crippen molar-refractivity contribution in [1.82, 2.24) is 10.3 Å². The van der Waals surface area contributed by atoms with E-state index in [-0.39, 0.29) is 12.1 Å². The Bertz CT molecular complexity index is 704. The maximum Gasteiger partial charge on any atom is 0.304 e. The Labute approximate surface area is 119 Å². The average molecular weight is 289 g/mol. The van der Waals surface area contributed by atoms with Gasteiger partial charge in [0.25, 0.3) is 5.91 Å². The molecule has 0 atom stereocenters. The first-order valence-corrected chi connectivity index (χ1v) is 6.11. The Hall–Kier alpha value is -2.83. The number of nitro benzene ring substituents is 1. The minimum absolute atomic E-state index is 0.0201.